The summed E-state index contributed by atoms with van der Waals surface area (Å²) < 4.78 is 5.22. The Kier molecular flexibility index (Phi) is 7.70. The number of amides is 1. The van der Waals surface area contributed by atoms with Gasteiger partial charge in [-0.25, -0.2) is 4.79 Å². The number of ether oxygens (including phenoxy) is 1. The van der Waals surface area contributed by atoms with Crippen molar-refractivity contribution in [3.05, 3.63) is 71.8 Å². The topological polar surface area (TPSA) is 55.6 Å². The molecule has 1 saturated carbocycles. The third-order valence-electron chi connectivity index (χ3n) is 6.50. The largest absolute Gasteiger partial charge is 0.446 e. The lowest BCUT2D eigenvalue weighted by atomic mass is 9.76. The maximum absolute atomic E-state index is 11.1. The van der Waals surface area contributed by atoms with Gasteiger partial charge < -0.3 is 10.5 Å². The molecule has 2 aromatic carbocycles. The van der Waals surface area contributed by atoms with Crippen molar-refractivity contribution in [1.29, 1.82) is 0 Å². The second-order valence-electron chi connectivity index (χ2n) is 8.43. The second kappa shape index (κ2) is 10.4. The molecule has 156 valence electrons. The van der Waals surface area contributed by atoms with Crippen molar-refractivity contribution in [3.63, 3.8) is 0 Å². The number of benzene rings is 2. The first-order valence-electron chi connectivity index (χ1n) is 10.8. The molecule has 0 aromatic heterocycles. The number of rotatable bonds is 8. The molecular formula is C25H34N2O2. The Balaban J connectivity index is 1.64. The molecule has 0 bridgehead atoms. The minimum absolute atomic E-state index is 0.0894. The monoisotopic (exact) mass is 394 g/mol. The fourth-order valence-corrected chi connectivity index (χ4v) is 4.65. The summed E-state index contributed by atoms with van der Waals surface area (Å²) in [4.78, 5) is 13.7. The smallest absolute Gasteiger partial charge is 0.404 e. The molecule has 29 heavy (non-hydrogen) atoms. The maximum atomic E-state index is 11.1. The van der Waals surface area contributed by atoms with Gasteiger partial charge in [-0.05, 0) is 62.5 Å². The van der Waals surface area contributed by atoms with E-state index in [0.717, 1.165) is 25.9 Å². The van der Waals surface area contributed by atoms with E-state index in [-0.39, 0.29) is 6.10 Å². The highest BCUT2D eigenvalue weighted by atomic mass is 16.6. The lowest BCUT2D eigenvalue weighted by molar-refractivity contribution is 0.0423. The molecule has 1 aliphatic carbocycles. The van der Waals surface area contributed by atoms with E-state index in [1.807, 2.05) is 6.92 Å². The number of carbonyl (C=O) groups is 1. The predicted molar refractivity (Wildman–Crippen MR) is 117 cm³/mol. The van der Waals surface area contributed by atoms with Gasteiger partial charge in [0.25, 0.3) is 0 Å². The molecule has 1 fully saturated rings. The van der Waals surface area contributed by atoms with Crippen LogP contribution in [0.4, 0.5) is 4.79 Å². The molecule has 4 nitrogen and oxygen atoms in total. The molecule has 2 N–H and O–H groups in total. The van der Waals surface area contributed by atoms with Crippen molar-refractivity contribution in [3.8, 4) is 0 Å². The van der Waals surface area contributed by atoms with Crippen LogP contribution in [0.1, 0.15) is 50.7 Å². The van der Waals surface area contributed by atoms with Gasteiger partial charge in [0.15, 0.2) is 0 Å². The van der Waals surface area contributed by atoms with Crippen LogP contribution in [0.3, 0.4) is 0 Å². The summed E-state index contributed by atoms with van der Waals surface area (Å²) in [5.41, 5.74) is 7.90. The standard InChI is InChI=1S/C25H34N2O2/c1-19(23-13-15-24(16-14-23)20(2)29-25(26)28)27(17-21-9-5-3-6-10-21)18-22-11-7-4-8-12-22/h3-12,19-20,23-24H,13-18H2,1-2H3,(H2,26,28)/t19-,20?,23?,24?/m0/s1. The van der Waals surface area contributed by atoms with Crippen LogP contribution in [0.2, 0.25) is 0 Å². The van der Waals surface area contributed by atoms with Crippen molar-refractivity contribution >= 4 is 6.09 Å². The molecule has 0 radical (unpaired) electrons. The summed E-state index contributed by atoms with van der Waals surface area (Å²) in [5.74, 6) is 1.07. The Hall–Kier alpha value is -2.33. The molecule has 0 heterocycles. The number of nitrogens with zero attached hydrogens (tertiary/aromatic N) is 1. The van der Waals surface area contributed by atoms with Gasteiger partial charge in [-0.15, -0.1) is 0 Å². The summed E-state index contributed by atoms with van der Waals surface area (Å²) >= 11 is 0. The second-order valence-corrected chi connectivity index (χ2v) is 8.43. The summed E-state index contributed by atoms with van der Waals surface area (Å²) in [5, 5.41) is 0. The van der Waals surface area contributed by atoms with Gasteiger partial charge in [0.05, 0.1) is 0 Å². The van der Waals surface area contributed by atoms with Crippen LogP contribution in [0.5, 0.6) is 0 Å². The van der Waals surface area contributed by atoms with Crippen LogP contribution in [0.25, 0.3) is 0 Å². The molecule has 0 spiro atoms. The van der Waals surface area contributed by atoms with Crippen molar-refractivity contribution < 1.29 is 9.53 Å². The number of hydrogen-bond acceptors (Lipinski definition) is 3. The van der Waals surface area contributed by atoms with Gasteiger partial charge in [-0.2, -0.15) is 0 Å². The number of nitrogens with two attached hydrogens (primary N) is 1. The Morgan fingerprint density at radius 1 is 0.897 bits per heavy atom. The van der Waals surface area contributed by atoms with E-state index in [4.69, 9.17) is 10.5 Å². The molecule has 1 amide bonds. The average Bonchev–Trinajstić information content (AvgIpc) is 2.74. The third kappa shape index (κ3) is 6.33. The minimum Gasteiger partial charge on any atom is -0.446 e. The zero-order chi connectivity index (χ0) is 20.6. The molecule has 4 heteroatoms. The van der Waals surface area contributed by atoms with Crippen LogP contribution in [-0.2, 0) is 17.8 Å². The first kappa shape index (κ1) is 21.4. The van der Waals surface area contributed by atoms with E-state index < -0.39 is 6.09 Å². The first-order chi connectivity index (χ1) is 14.0. The average molecular weight is 395 g/mol. The Bertz CT molecular complexity index is 700. The SMILES string of the molecule is CC(OC(N)=O)C1CCC([C@H](C)N(Cc2ccccc2)Cc2ccccc2)CC1. The van der Waals surface area contributed by atoms with Crippen LogP contribution in [0, 0.1) is 11.8 Å². The zero-order valence-corrected chi connectivity index (χ0v) is 17.7. The summed E-state index contributed by atoms with van der Waals surface area (Å²) in [6.07, 6.45) is 3.76. The summed E-state index contributed by atoms with van der Waals surface area (Å²) in [7, 11) is 0. The lowest BCUT2D eigenvalue weighted by Crippen LogP contribution is -2.40. The van der Waals surface area contributed by atoms with Gasteiger partial charge in [0.1, 0.15) is 6.10 Å². The highest BCUT2D eigenvalue weighted by Crippen LogP contribution is 2.35. The van der Waals surface area contributed by atoms with E-state index in [9.17, 15) is 4.79 Å². The van der Waals surface area contributed by atoms with E-state index in [1.165, 1.54) is 24.0 Å². The van der Waals surface area contributed by atoms with Crippen LogP contribution >= 0.6 is 0 Å². The van der Waals surface area contributed by atoms with Crippen molar-refractivity contribution in [2.24, 2.45) is 17.6 Å². The van der Waals surface area contributed by atoms with Crippen LogP contribution in [0.15, 0.2) is 60.7 Å². The molecule has 0 saturated heterocycles. The fourth-order valence-electron chi connectivity index (χ4n) is 4.65. The van der Waals surface area contributed by atoms with Gasteiger partial charge in [-0.3, -0.25) is 4.90 Å². The first-order valence-corrected chi connectivity index (χ1v) is 10.8. The van der Waals surface area contributed by atoms with E-state index in [1.54, 1.807) is 0 Å². The molecule has 3 rings (SSSR count). The lowest BCUT2D eigenvalue weighted by Gasteiger charge is -2.39. The third-order valence-corrected chi connectivity index (χ3v) is 6.50. The fraction of sp³-hybridized carbons (Fsp3) is 0.480. The van der Waals surface area contributed by atoms with Gasteiger partial charge >= 0.3 is 6.09 Å². The maximum Gasteiger partial charge on any atom is 0.404 e. The number of carbonyl (C=O) groups excluding carboxylic acids is 1. The van der Waals surface area contributed by atoms with E-state index >= 15 is 0 Å². The molecule has 1 aliphatic rings. The molecule has 0 aliphatic heterocycles. The van der Waals surface area contributed by atoms with E-state index in [2.05, 4.69) is 72.5 Å². The van der Waals surface area contributed by atoms with Crippen molar-refractivity contribution in [1.82, 2.24) is 4.90 Å². The summed E-state index contributed by atoms with van der Waals surface area (Å²) in [6.45, 7) is 6.26. The van der Waals surface area contributed by atoms with E-state index in [0.29, 0.717) is 17.9 Å². The van der Waals surface area contributed by atoms with Crippen LogP contribution in [-0.4, -0.2) is 23.1 Å². The Morgan fingerprint density at radius 2 is 1.34 bits per heavy atom. The molecular weight excluding hydrogens is 360 g/mol. The minimum atomic E-state index is -0.662. The quantitative estimate of drug-likeness (QED) is 0.655. The molecule has 2 aromatic rings. The number of primary amides is 1. The zero-order valence-electron chi connectivity index (χ0n) is 17.7. The predicted octanol–water partition coefficient (Wildman–Crippen LogP) is 5.37. The molecule has 2 atom stereocenters. The normalized spacial score (nSPS) is 21.5. The summed E-state index contributed by atoms with van der Waals surface area (Å²) in [6, 6.07) is 22.0. The van der Waals surface area contributed by atoms with Gasteiger partial charge in [-0.1, -0.05) is 60.7 Å². The van der Waals surface area contributed by atoms with Crippen molar-refractivity contribution in [2.75, 3.05) is 0 Å². The molecule has 1 unspecified atom stereocenters. The van der Waals surface area contributed by atoms with Gasteiger partial charge in [0, 0.05) is 19.1 Å². The Labute approximate surface area is 175 Å². The van der Waals surface area contributed by atoms with Gasteiger partial charge in [0.2, 0.25) is 0 Å². The van der Waals surface area contributed by atoms with Crippen LogP contribution < -0.4 is 5.73 Å². The highest BCUT2D eigenvalue weighted by Gasteiger charge is 2.31. The highest BCUT2D eigenvalue weighted by molar-refractivity contribution is 5.64. The number of hydrogen-bond donors (Lipinski definition) is 1. The van der Waals surface area contributed by atoms with Crippen molar-refractivity contribution in [2.45, 2.75) is 64.8 Å². The Morgan fingerprint density at radius 3 is 1.79 bits per heavy atom.